The molecule has 30 heavy (non-hydrogen) atoms. The van der Waals surface area contributed by atoms with Gasteiger partial charge in [0, 0.05) is 29.4 Å². The number of aromatic nitrogens is 1. The molecule has 0 aliphatic heterocycles. The highest BCUT2D eigenvalue weighted by atomic mass is 32.1. The average molecular weight is 428 g/mol. The summed E-state index contributed by atoms with van der Waals surface area (Å²) in [6.45, 7) is 8.77. The largest absolute Gasteiger partial charge is 0.321 e. The van der Waals surface area contributed by atoms with Crippen LogP contribution in [0.15, 0.2) is 29.4 Å². The number of nitro groups is 1. The number of hydrogen-bond donors (Lipinski definition) is 2. The van der Waals surface area contributed by atoms with Gasteiger partial charge in [-0.1, -0.05) is 38.2 Å². The molecule has 2 aliphatic rings. The molecule has 2 saturated carbocycles. The second-order valence-corrected chi connectivity index (χ2v) is 9.76. The maximum atomic E-state index is 12.6. The van der Waals surface area contributed by atoms with Crippen LogP contribution < -0.4 is 10.7 Å². The van der Waals surface area contributed by atoms with Crippen molar-refractivity contribution in [1.29, 1.82) is 0 Å². The van der Waals surface area contributed by atoms with E-state index in [0.29, 0.717) is 44.6 Å². The molecule has 4 rings (SSSR count). The van der Waals surface area contributed by atoms with Crippen LogP contribution in [0.5, 0.6) is 0 Å². The van der Waals surface area contributed by atoms with Crippen LogP contribution in [-0.4, -0.2) is 21.5 Å². The molecule has 0 saturated heterocycles. The first-order valence-corrected chi connectivity index (χ1v) is 10.8. The zero-order valence-corrected chi connectivity index (χ0v) is 18.2. The van der Waals surface area contributed by atoms with E-state index >= 15 is 0 Å². The molecule has 1 heterocycles. The van der Waals surface area contributed by atoms with Crippen LogP contribution in [-0.2, 0) is 0 Å². The van der Waals surface area contributed by atoms with Gasteiger partial charge < -0.3 is 5.32 Å². The number of thiazole rings is 1. The van der Waals surface area contributed by atoms with Gasteiger partial charge >= 0.3 is 0 Å². The number of anilines is 2. The van der Waals surface area contributed by atoms with Crippen molar-refractivity contribution in [2.75, 3.05) is 10.7 Å². The molecule has 8 nitrogen and oxygen atoms in total. The van der Waals surface area contributed by atoms with E-state index in [-0.39, 0.29) is 11.6 Å². The Kier molecular flexibility index (Phi) is 5.09. The van der Waals surface area contributed by atoms with E-state index in [4.69, 9.17) is 0 Å². The van der Waals surface area contributed by atoms with E-state index in [0.717, 1.165) is 6.42 Å². The van der Waals surface area contributed by atoms with Gasteiger partial charge in [-0.15, -0.1) is 0 Å². The van der Waals surface area contributed by atoms with Crippen LogP contribution >= 0.6 is 11.3 Å². The molecule has 0 unspecified atom stereocenters. The normalized spacial score (nSPS) is 25.5. The van der Waals surface area contributed by atoms with E-state index < -0.39 is 4.92 Å². The molecule has 0 spiro atoms. The van der Waals surface area contributed by atoms with Crippen LogP contribution in [0, 0.1) is 40.2 Å². The summed E-state index contributed by atoms with van der Waals surface area (Å²) in [6, 6.07) is 5.86. The third-order valence-corrected chi connectivity index (χ3v) is 7.92. The molecular formula is C21H25N5O3S. The highest BCUT2D eigenvalue weighted by Crippen LogP contribution is 2.57. The standard InChI is InChI=1S/C21H25N5O3S/c1-11-16-8-13(21(11,3)4)9-17(16)24-25-20-22-12(2)18(30-20)19(27)23-14-6-5-7-15(10-14)26(28)29/h5-7,10-11,13,16H,8-9H2,1-4H3,(H,22,25)(H,23,27)/b24-17+/t11-,13-,16-/m0/s1. The molecule has 9 heteroatoms. The number of rotatable bonds is 5. The molecule has 1 aromatic heterocycles. The summed E-state index contributed by atoms with van der Waals surface area (Å²) in [5.74, 6) is 1.44. The minimum Gasteiger partial charge on any atom is -0.321 e. The molecule has 1 amide bonds. The van der Waals surface area contributed by atoms with E-state index in [1.165, 1.54) is 41.7 Å². The van der Waals surface area contributed by atoms with Crippen LogP contribution in [0.4, 0.5) is 16.5 Å². The first-order valence-electron chi connectivity index (χ1n) is 10.0. The molecule has 2 N–H and O–H groups in total. The second kappa shape index (κ2) is 7.46. The molecule has 2 aliphatic carbocycles. The summed E-state index contributed by atoms with van der Waals surface area (Å²) < 4.78 is 0. The van der Waals surface area contributed by atoms with E-state index in [9.17, 15) is 14.9 Å². The van der Waals surface area contributed by atoms with Gasteiger partial charge in [-0.25, -0.2) is 4.98 Å². The molecule has 1 aromatic carbocycles. The van der Waals surface area contributed by atoms with Crippen LogP contribution in [0.2, 0.25) is 0 Å². The number of hydrogen-bond acceptors (Lipinski definition) is 7. The van der Waals surface area contributed by atoms with Crippen molar-refractivity contribution in [3.05, 3.63) is 45.0 Å². The Bertz CT molecular complexity index is 1040. The summed E-state index contributed by atoms with van der Waals surface area (Å²) in [6.07, 6.45) is 2.21. The topological polar surface area (TPSA) is 110 Å². The zero-order valence-electron chi connectivity index (χ0n) is 17.4. The van der Waals surface area contributed by atoms with Crippen molar-refractivity contribution in [2.24, 2.45) is 28.3 Å². The monoisotopic (exact) mass is 427 g/mol. The number of amides is 1. The van der Waals surface area contributed by atoms with Gasteiger partial charge in [0.05, 0.1) is 10.6 Å². The van der Waals surface area contributed by atoms with Gasteiger partial charge in [-0.05, 0) is 43.1 Å². The van der Waals surface area contributed by atoms with Crippen molar-refractivity contribution < 1.29 is 9.72 Å². The Morgan fingerprint density at radius 1 is 1.40 bits per heavy atom. The first-order chi connectivity index (χ1) is 14.2. The lowest BCUT2D eigenvalue weighted by Gasteiger charge is -2.36. The number of non-ortho nitro benzene ring substituents is 1. The maximum absolute atomic E-state index is 12.6. The van der Waals surface area contributed by atoms with Crippen LogP contribution in [0.3, 0.4) is 0 Å². The van der Waals surface area contributed by atoms with Crippen molar-refractivity contribution in [2.45, 2.75) is 40.5 Å². The number of fused-ring (bicyclic) bond motifs is 2. The fraction of sp³-hybridized carbons (Fsp3) is 0.476. The number of hydrazone groups is 1. The van der Waals surface area contributed by atoms with Gasteiger partial charge in [-0.3, -0.25) is 20.3 Å². The first kappa shape index (κ1) is 20.5. The van der Waals surface area contributed by atoms with Gasteiger partial charge in [0.2, 0.25) is 5.13 Å². The van der Waals surface area contributed by atoms with Crippen molar-refractivity contribution in [3.63, 3.8) is 0 Å². The van der Waals surface area contributed by atoms with Gasteiger partial charge in [0.25, 0.3) is 11.6 Å². The molecule has 2 aromatic rings. The lowest BCUT2D eigenvalue weighted by molar-refractivity contribution is -0.384. The molecule has 2 bridgehead atoms. The predicted molar refractivity (Wildman–Crippen MR) is 118 cm³/mol. The van der Waals surface area contributed by atoms with Crippen molar-refractivity contribution in [1.82, 2.24) is 4.98 Å². The number of benzene rings is 1. The summed E-state index contributed by atoms with van der Waals surface area (Å²) in [7, 11) is 0. The quantitative estimate of drug-likeness (QED) is 0.511. The maximum Gasteiger partial charge on any atom is 0.271 e. The number of carbonyl (C=O) groups is 1. The predicted octanol–water partition coefficient (Wildman–Crippen LogP) is 5.08. The van der Waals surface area contributed by atoms with E-state index in [1.807, 2.05) is 0 Å². The summed E-state index contributed by atoms with van der Waals surface area (Å²) in [5.41, 5.74) is 5.49. The SMILES string of the molecule is Cc1nc(N/N=C2\C[C@@H]3C[C@H]2[C@H](C)C3(C)C)sc1C(=O)Nc1cccc([N+](=O)[O-])c1. The van der Waals surface area contributed by atoms with Gasteiger partial charge in [0.1, 0.15) is 4.88 Å². The Morgan fingerprint density at radius 2 is 2.17 bits per heavy atom. The molecular weight excluding hydrogens is 402 g/mol. The Balaban J connectivity index is 1.44. The Morgan fingerprint density at radius 3 is 2.83 bits per heavy atom. The average Bonchev–Trinajstić information content (AvgIpc) is 3.34. The van der Waals surface area contributed by atoms with Crippen molar-refractivity contribution >= 4 is 39.5 Å². The molecule has 0 radical (unpaired) electrons. The number of nitrogens with zero attached hydrogens (tertiary/aromatic N) is 3. The van der Waals surface area contributed by atoms with Crippen LogP contribution in [0.1, 0.15) is 49.0 Å². The smallest absolute Gasteiger partial charge is 0.271 e. The third kappa shape index (κ3) is 3.58. The number of nitro benzene ring substituents is 1. The fourth-order valence-electron chi connectivity index (χ4n) is 4.67. The number of carbonyl (C=O) groups excluding carboxylic acids is 1. The lowest BCUT2D eigenvalue weighted by atomic mass is 9.69. The summed E-state index contributed by atoms with van der Waals surface area (Å²) in [4.78, 5) is 27.9. The lowest BCUT2D eigenvalue weighted by Crippen LogP contribution is -2.33. The van der Waals surface area contributed by atoms with E-state index in [1.54, 1.807) is 13.0 Å². The van der Waals surface area contributed by atoms with Gasteiger partial charge in [0.15, 0.2) is 0 Å². The third-order valence-electron chi connectivity index (χ3n) is 6.86. The molecule has 2 fully saturated rings. The summed E-state index contributed by atoms with van der Waals surface area (Å²) in [5, 5.41) is 18.8. The second-order valence-electron chi connectivity index (χ2n) is 8.76. The van der Waals surface area contributed by atoms with Crippen LogP contribution in [0.25, 0.3) is 0 Å². The zero-order chi connectivity index (χ0) is 21.6. The highest BCUT2D eigenvalue weighted by Gasteiger charge is 2.53. The van der Waals surface area contributed by atoms with E-state index in [2.05, 4.69) is 41.6 Å². The summed E-state index contributed by atoms with van der Waals surface area (Å²) >= 11 is 1.23. The van der Waals surface area contributed by atoms with Crippen molar-refractivity contribution in [3.8, 4) is 0 Å². The molecule has 3 atom stereocenters. The minimum absolute atomic E-state index is 0.0738. The Hall–Kier alpha value is -2.81. The Labute approximate surface area is 178 Å². The number of aryl methyl sites for hydroxylation is 1. The minimum atomic E-state index is -0.494. The highest BCUT2D eigenvalue weighted by molar-refractivity contribution is 7.17. The molecule has 158 valence electrons. The van der Waals surface area contributed by atoms with Gasteiger partial charge in [-0.2, -0.15) is 5.10 Å². The number of nitrogens with one attached hydrogen (secondary N) is 2. The fourth-order valence-corrected chi connectivity index (χ4v) is 5.47.